The van der Waals surface area contributed by atoms with Gasteiger partial charge < -0.3 is 10.1 Å². The number of nitrogens with zero attached hydrogens (tertiary/aromatic N) is 1. The van der Waals surface area contributed by atoms with Crippen molar-refractivity contribution in [1.29, 1.82) is 0 Å². The van der Waals surface area contributed by atoms with E-state index >= 15 is 0 Å². The highest BCUT2D eigenvalue weighted by atomic mass is 32.2. The van der Waals surface area contributed by atoms with Crippen LogP contribution in [0.3, 0.4) is 0 Å². The molecule has 0 saturated heterocycles. The van der Waals surface area contributed by atoms with E-state index in [1.807, 2.05) is 30.3 Å². The van der Waals surface area contributed by atoms with Gasteiger partial charge in [0.25, 0.3) is 0 Å². The quantitative estimate of drug-likeness (QED) is 0.519. The molecule has 0 saturated carbocycles. The van der Waals surface area contributed by atoms with Gasteiger partial charge in [-0.25, -0.2) is 9.78 Å². The third kappa shape index (κ3) is 4.58. The summed E-state index contributed by atoms with van der Waals surface area (Å²) in [4.78, 5) is 29.3. The van der Waals surface area contributed by atoms with E-state index in [1.54, 1.807) is 25.1 Å². The summed E-state index contributed by atoms with van der Waals surface area (Å²) in [6.45, 7) is 2.10. The second-order valence-electron chi connectivity index (χ2n) is 5.07. The summed E-state index contributed by atoms with van der Waals surface area (Å²) in [7, 11) is 0. The van der Waals surface area contributed by atoms with Crippen LogP contribution in [0.4, 0.5) is 5.13 Å². The Labute approximate surface area is 153 Å². The van der Waals surface area contributed by atoms with Gasteiger partial charge in [0.15, 0.2) is 5.13 Å². The molecule has 0 spiro atoms. The Bertz CT molecular complexity index is 894. The Morgan fingerprint density at radius 1 is 1.20 bits per heavy atom. The van der Waals surface area contributed by atoms with Crippen LogP contribution in [0.25, 0.3) is 10.2 Å². The van der Waals surface area contributed by atoms with Gasteiger partial charge in [0.1, 0.15) is 0 Å². The van der Waals surface area contributed by atoms with Gasteiger partial charge in [-0.3, -0.25) is 4.79 Å². The summed E-state index contributed by atoms with van der Waals surface area (Å²) in [6, 6.07) is 14.9. The maximum absolute atomic E-state index is 12.1. The minimum Gasteiger partial charge on any atom is -0.462 e. The minimum absolute atomic E-state index is 0.112. The Morgan fingerprint density at radius 3 is 2.76 bits per heavy atom. The van der Waals surface area contributed by atoms with E-state index in [4.69, 9.17) is 4.74 Å². The maximum Gasteiger partial charge on any atom is 0.338 e. The molecule has 0 bridgehead atoms. The minimum atomic E-state index is -0.359. The van der Waals surface area contributed by atoms with E-state index in [-0.39, 0.29) is 11.9 Å². The highest BCUT2D eigenvalue weighted by molar-refractivity contribution is 8.00. The zero-order chi connectivity index (χ0) is 17.6. The van der Waals surface area contributed by atoms with Crippen LogP contribution in [0.1, 0.15) is 17.3 Å². The van der Waals surface area contributed by atoms with Crippen LogP contribution in [-0.4, -0.2) is 29.2 Å². The number of thiazole rings is 1. The molecule has 0 unspecified atom stereocenters. The van der Waals surface area contributed by atoms with Crippen LogP contribution in [0, 0.1) is 0 Å². The maximum atomic E-state index is 12.1. The number of aromatic nitrogens is 1. The SMILES string of the molecule is CCOC(=O)c1ccc2nc(NC(=O)CSc3ccccc3)sc2c1. The molecule has 3 aromatic rings. The van der Waals surface area contributed by atoms with Crippen molar-refractivity contribution in [2.45, 2.75) is 11.8 Å². The van der Waals surface area contributed by atoms with E-state index in [0.29, 0.717) is 23.1 Å². The number of nitrogens with one attached hydrogen (secondary N) is 1. The van der Waals surface area contributed by atoms with Crippen molar-refractivity contribution in [3.63, 3.8) is 0 Å². The van der Waals surface area contributed by atoms with E-state index < -0.39 is 0 Å². The molecule has 25 heavy (non-hydrogen) atoms. The van der Waals surface area contributed by atoms with E-state index in [9.17, 15) is 9.59 Å². The molecule has 0 aliphatic carbocycles. The van der Waals surface area contributed by atoms with Crippen LogP contribution in [-0.2, 0) is 9.53 Å². The molecule has 1 aromatic heterocycles. The lowest BCUT2D eigenvalue weighted by atomic mass is 10.2. The molecule has 0 fully saturated rings. The van der Waals surface area contributed by atoms with Crippen LogP contribution < -0.4 is 5.32 Å². The third-order valence-electron chi connectivity index (χ3n) is 3.26. The van der Waals surface area contributed by atoms with Crippen molar-refractivity contribution < 1.29 is 14.3 Å². The molecule has 2 aromatic carbocycles. The number of hydrogen-bond acceptors (Lipinski definition) is 6. The van der Waals surface area contributed by atoms with E-state index in [0.717, 1.165) is 15.1 Å². The van der Waals surface area contributed by atoms with Gasteiger partial charge in [0, 0.05) is 4.90 Å². The van der Waals surface area contributed by atoms with Gasteiger partial charge in [0.2, 0.25) is 5.91 Å². The predicted molar refractivity (Wildman–Crippen MR) is 101 cm³/mol. The zero-order valence-electron chi connectivity index (χ0n) is 13.5. The first kappa shape index (κ1) is 17.4. The number of benzene rings is 2. The molecule has 1 N–H and O–H groups in total. The number of carbonyl (C=O) groups excluding carboxylic acids is 2. The van der Waals surface area contributed by atoms with Crippen molar-refractivity contribution in [2.75, 3.05) is 17.7 Å². The van der Waals surface area contributed by atoms with Crippen molar-refractivity contribution in [1.82, 2.24) is 4.98 Å². The predicted octanol–water partition coefficient (Wildman–Crippen LogP) is 4.20. The van der Waals surface area contributed by atoms with Gasteiger partial charge in [-0.1, -0.05) is 29.5 Å². The second kappa shape index (κ2) is 8.13. The normalized spacial score (nSPS) is 10.6. The lowest BCUT2D eigenvalue weighted by molar-refractivity contribution is -0.113. The number of esters is 1. The van der Waals surface area contributed by atoms with Crippen molar-refractivity contribution >= 4 is 50.3 Å². The molecular weight excluding hydrogens is 356 g/mol. The molecule has 0 aliphatic heterocycles. The number of hydrogen-bond donors (Lipinski definition) is 1. The van der Waals surface area contributed by atoms with Crippen LogP contribution in [0.5, 0.6) is 0 Å². The molecule has 1 amide bonds. The van der Waals surface area contributed by atoms with Crippen molar-refractivity contribution in [3.05, 3.63) is 54.1 Å². The van der Waals surface area contributed by atoms with Crippen molar-refractivity contribution in [3.8, 4) is 0 Å². The lowest BCUT2D eigenvalue weighted by Crippen LogP contribution is -2.13. The first-order chi connectivity index (χ1) is 12.2. The molecule has 5 nitrogen and oxygen atoms in total. The van der Waals surface area contributed by atoms with E-state index in [2.05, 4.69) is 10.3 Å². The van der Waals surface area contributed by atoms with Gasteiger partial charge in [-0.15, -0.1) is 11.8 Å². The average Bonchev–Trinajstić information content (AvgIpc) is 3.02. The smallest absolute Gasteiger partial charge is 0.338 e. The fraction of sp³-hybridized carbons (Fsp3) is 0.167. The summed E-state index contributed by atoms with van der Waals surface area (Å²) in [5, 5.41) is 3.33. The molecule has 0 atom stereocenters. The standard InChI is InChI=1S/C18H16N2O3S2/c1-2-23-17(22)12-8-9-14-15(10-12)25-18(19-14)20-16(21)11-24-13-6-4-3-5-7-13/h3-10H,2,11H2,1H3,(H,19,20,21). The highest BCUT2D eigenvalue weighted by Gasteiger charge is 2.12. The fourth-order valence-electron chi connectivity index (χ4n) is 2.14. The highest BCUT2D eigenvalue weighted by Crippen LogP contribution is 2.27. The molecule has 3 rings (SSSR count). The molecule has 0 radical (unpaired) electrons. The topological polar surface area (TPSA) is 68.3 Å². The monoisotopic (exact) mass is 372 g/mol. The molecule has 0 aliphatic rings. The Morgan fingerprint density at radius 2 is 2.00 bits per heavy atom. The zero-order valence-corrected chi connectivity index (χ0v) is 15.2. The first-order valence-electron chi connectivity index (χ1n) is 7.71. The number of rotatable bonds is 6. The lowest BCUT2D eigenvalue weighted by Gasteiger charge is -2.01. The van der Waals surface area contributed by atoms with Crippen LogP contribution in [0.15, 0.2) is 53.4 Å². The molecule has 128 valence electrons. The molecule has 1 heterocycles. The second-order valence-corrected chi connectivity index (χ2v) is 7.15. The Hall–Kier alpha value is -2.38. The van der Waals surface area contributed by atoms with Gasteiger partial charge in [-0.05, 0) is 37.3 Å². The largest absolute Gasteiger partial charge is 0.462 e. The third-order valence-corrected chi connectivity index (χ3v) is 5.20. The van der Waals surface area contributed by atoms with Crippen LogP contribution >= 0.6 is 23.1 Å². The van der Waals surface area contributed by atoms with Crippen molar-refractivity contribution in [2.24, 2.45) is 0 Å². The van der Waals surface area contributed by atoms with Gasteiger partial charge in [0.05, 0.1) is 28.1 Å². The number of fused-ring (bicyclic) bond motifs is 1. The summed E-state index contributed by atoms with van der Waals surface area (Å²) in [5.41, 5.74) is 1.22. The Balaban J connectivity index is 1.65. The molecular formula is C18H16N2O3S2. The number of thioether (sulfide) groups is 1. The average molecular weight is 372 g/mol. The van der Waals surface area contributed by atoms with Gasteiger partial charge >= 0.3 is 5.97 Å². The Kier molecular flexibility index (Phi) is 5.67. The summed E-state index contributed by atoms with van der Waals surface area (Å²) >= 11 is 2.81. The summed E-state index contributed by atoms with van der Waals surface area (Å²) in [6.07, 6.45) is 0. The van der Waals surface area contributed by atoms with Gasteiger partial charge in [-0.2, -0.15) is 0 Å². The number of ether oxygens (including phenoxy) is 1. The number of amides is 1. The number of carbonyl (C=O) groups is 2. The first-order valence-corrected chi connectivity index (χ1v) is 9.51. The van der Waals surface area contributed by atoms with E-state index in [1.165, 1.54) is 23.1 Å². The number of anilines is 1. The molecule has 7 heteroatoms. The summed E-state index contributed by atoms with van der Waals surface area (Å²) < 4.78 is 5.83. The van der Waals surface area contributed by atoms with Crippen LogP contribution in [0.2, 0.25) is 0 Å². The summed E-state index contributed by atoms with van der Waals surface area (Å²) in [5.74, 6) is -0.158. The fourth-order valence-corrected chi connectivity index (χ4v) is 3.78.